The van der Waals surface area contributed by atoms with Gasteiger partial charge in [-0.25, -0.2) is 9.78 Å². The summed E-state index contributed by atoms with van der Waals surface area (Å²) in [4.78, 5) is 31.5. The second-order valence-corrected chi connectivity index (χ2v) is 4.94. The van der Waals surface area contributed by atoms with Crippen LogP contribution >= 0.6 is 0 Å². The van der Waals surface area contributed by atoms with E-state index in [4.69, 9.17) is 4.74 Å². The minimum atomic E-state index is -0.887. The molecule has 6 nitrogen and oxygen atoms in total. The fraction of sp³-hybridized carbons (Fsp3) is 0.118. The number of fused-ring (bicyclic) bond motifs is 1. The van der Waals surface area contributed by atoms with Crippen molar-refractivity contribution in [3.8, 4) is 0 Å². The number of carbonyl (C=O) groups is 2. The zero-order chi connectivity index (χ0) is 16.2. The number of H-pyrrole nitrogens is 1. The summed E-state index contributed by atoms with van der Waals surface area (Å²) in [6.07, 6.45) is 0. The van der Waals surface area contributed by atoms with Crippen LogP contribution in [0.25, 0.3) is 11.0 Å². The van der Waals surface area contributed by atoms with E-state index in [2.05, 4.69) is 15.3 Å². The van der Waals surface area contributed by atoms with Crippen LogP contribution in [-0.4, -0.2) is 29.0 Å². The number of aromatic amines is 1. The minimum absolute atomic E-state index is 0.149. The molecule has 23 heavy (non-hydrogen) atoms. The van der Waals surface area contributed by atoms with Crippen LogP contribution in [0.5, 0.6) is 0 Å². The van der Waals surface area contributed by atoms with Crippen LogP contribution < -0.4 is 5.32 Å². The van der Waals surface area contributed by atoms with Crippen LogP contribution in [0.1, 0.15) is 22.2 Å². The van der Waals surface area contributed by atoms with Gasteiger partial charge in [0.1, 0.15) is 0 Å². The third-order valence-corrected chi connectivity index (χ3v) is 3.45. The first-order chi connectivity index (χ1) is 11.2. The molecule has 2 N–H and O–H groups in total. The highest BCUT2D eigenvalue weighted by molar-refractivity contribution is 5.96. The molecule has 0 saturated carbocycles. The molecule has 1 unspecified atom stereocenters. The quantitative estimate of drug-likeness (QED) is 0.724. The van der Waals surface area contributed by atoms with E-state index in [1.807, 2.05) is 24.3 Å². The third-order valence-electron chi connectivity index (χ3n) is 3.45. The molecule has 0 aliphatic heterocycles. The predicted molar refractivity (Wildman–Crippen MR) is 84.8 cm³/mol. The van der Waals surface area contributed by atoms with E-state index in [1.54, 1.807) is 30.3 Å². The van der Waals surface area contributed by atoms with Crippen molar-refractivity contribution in [1.82, 2.24) is 15.3 Å². The first-order valence-electron chi connectivity index (χ1n) is 7.07. The summed E-state index contributed by atoms with van der Waals surface area (Å²) >= 11 is 0. The molecule has 2 aromatic carbocycles. The number of aromatic nitrogens is 2. The molecular formula is C17H15N3O3. The number of rotatable bonds is 4. The molecule has 1 amide bonds. The average Bonchev–Trinajstić information content (AvgIpc) is 3.04. The highest BCUT2D eigenvalue weighted by Crippen LogP contribution is 2.16. The highest BCUT2D eigenvalue weighted by Gasteiger charge is 2.25. The summed E-state index contributed by atoms with van der Waals surface area (Å²) < 4.78 is 4.78. The number of nitrogens with one attached hydrogen (secondary N) is 2. The van der Waals surface area contributed by atoms with Gasteiger partial charge >= 0.3 is 5.97 Å². The number of ether oxygens (including phenoxy) is 1. The van der Waals surface area contributed by atoms with Crippen LogP contribution in [-0.2, 0) is 9.53 Å². The van der Waals surface area contributed by atoms with Crippen molar-refractivity contribution in [2.45, 2.75) is 6.04 Å². The van der Waals surface area contributed by atoms with Gasteiger partial charge in [0.15, 0.2) is 11.9 Å². The number of benzene rings is 2. The van der Waals surface area contributed by atoms with Crippen LogP contribution in [0.3, 0.4) is 0 Å². The molecule has 1 aromatic heterocycles. The normalized spacial score (nSPS) is 11.9. The maximum atomic E-state index is 12.4. The van der Waals surface area contributed by atoms with Crippen molar-refractivity contribution < 1.29 is 14.3 Å². The van der Waals surface area contributed by atoms with Gasteiger partial charge in [-0.15, -0.1) is 0 Å². The van der Waals surface area contributed by atoms with E-state index in [-0.39, 0.29) is 5.82 Å². The molecule has 0 radical (unpaired) electrons. The van der Waals surface area contributed by atoms with E-state index >= 15 is 0 Å². The summed E-state index contributed by atoms with van der Waals surface area (Å²) in [5.74, 6) is -0.864. The number of imidazole rings is 1. The largest absolute Gasteiger partial charge is 0.467 e. The van der Waals surface area contributed by atoms with Crippen molar-refractivity contribution in [2.24, 2.45) is 0 Å². The smallest absolute Gasteiger partial charge is 0.333 e. The van der Waals surface area contributed by atoms with Gasteiger partial charge in [0.05, 0.1) is 18.1 Å². The van der Waals surface area contributed by atoms with E-state index in [9.17, 15) is 9.59 Å². The van der Waals surface area contributed by atoms with Crippen LogP contribution in [0.4, 0.5) is 0 Å². The number of hydrogen-bond donors (Lipinski definition) is 2. The average molecular weight is 309 g/mol. The molecule has 0 aliphatic rings. The zero-order valence-corrected chi connectivity index (χ0v) is 12.4. The Balaban J connectivity index is 1.87. The van der Waals surface area contributed by atoms with E-state index < -0.39 is 17.9 Å². The Hall–Kier alpha value is -3.15. The maximum Gasteiger partial charge on any atom is 0.333 e. The summed E-state index contributed by atoms with van der Waals surface area (Å²) in [6, 6.07) is 15.3. The first kappa shape index (κ1) is 14.8. The monoisotopic (exact) mass is 309 g/mol. The molecule has 1 atom stereocenters. The number of nitrogens with zero attached hydrogens (tertiary/aromatic N) is 1. The SMILES string of the molecule is COC(=O)C(NC(=O)c1nc2ccccc2[nH]1)c1ccccc1. The molecule has 0 aliphatic carbocycles. The Morgan fingerprint density at radius 1 is 1.09 bits per heavy atom. The van der Waals surface area contributed by atoms with Gasteiger partial charge in [0.2, 0.25) is 0 Å². The van der Waals surface area contributed by atoms with Gasteiger partial charge in [0, 0.05) is 0 Å². The summed E-state index contributed by atoms with van der Waals surface area (Å²) in [5.41, 5.74) is 2.09. The molecule has 0 saturated heterocycles. The van der Waals surface area contributed by atoms with E-state index in [0.717, 1.165) is 5.52 Å². The summed E-state index contributed by atoms with van der Waals surface area (Å²) in [6.45, 7) is 0. The molecule has 3 rings (SSSR count). The molecular weight excluding hydrogens is 294 g/mol. The number of hydrogen-bond acceptors (Lipinski definition) is 4. The number of methoxy groups -OCH3 is 1. The van der Waals surface area contributed by atoms with Gasteiger partial charge in [0.25, 0.3) is 5.91 Å². The zero-order valence-electron chi connectivity index (χ0n) is 12.4. The lowest BCUT2D eigenvalue weighted by Gasteiger charge is -2.16. The molecule has 0 spiro atoms. The van der Waals surface area contributed by atoms with Gasteiger partial charge in [-0.2, -0.15) is 0 Å². The van der Waals surface area contributed by atoms with Gasteiger partial charge in [-0.05, 0) is 17.7 Å². The standard InChI is InChI=1S/C17H15N3O3/c1-23-17(22)14(11-7-3-2-4-8-11)20-16(21)15-18-12-9-5-6-10-13(12)19-15/h2-10,14H,1H3,(H,18,19)(H,20,21). The third kappa shape index (κ3) is 3.06. The van der Waals surface area contributed by atoms with Crippen molar-refractivity contribution in [2.75, 3.05) is 7.11 Å². The second kappa shape index (κ2) is 6.31. The second-order valence-electron chi connectivity index (χ2n) is 4.94. The lowest BCUT2D eigenvalue weighted by molar-refractivity contribution is -0.143. The summed E-state index contributed by atoms with van der Waals surface area (Å²) in [7, 11) is 1.28. The van der Waals surface area contributed by atoms with Crippen LogP contribution in [0.15, 0.2) is 54.6 Å². The fourth-order valence-electron chi connectivity index (χ4n) is 2.30. The van der Waals surface area contributed by atoms with Gasteiger partial charge < -0.3 is 15.0 Å². The number of para-hydroxylation sites is 2. The van der Waals surface area contributed by atoms with Crippen molar-refractivity contribution in [3.63, 3.8) is 0 Å². The maximum absolute atomic E-state index is 12.4. The van der Waals surface area contributed by atoms with Gasteiger partial charge in [-0.3, -0.25) is 4.79 Å². The molecule has 1 heterocycles. The Kier molecular flexibility index (Phi) is 4.05. The Bertz CT molecular complexity index is 809. The molecule has 3 aromatic rings. The Morgan fingerprint density at radius 3 is 2.48 bits per heavy atom. The molecule has 6 heteroatoms. The van der Waals surface area contributed by atoms with Crippen molar-refractivity contribution in [3.05, 3.63) is 66.0 Å². The Morgan fingerprint density at radius 2 is 1.78 bits per heavy atom. The van der Waals surface area contributed by atoms with Gasteiger partial charge in [-0.1, -0.05) is 42.5 Å². The first-order valence-corrected chi connectivity index (χ1v) is 7.07. The van der Waals surface area contributed by atoms with E-state index in [0.29, 0.717) is 11.1 Å². The van der Waals surface area contributed by atoms with Crippen LogP contribution in [0, 0.1) is 0 Å². The molecule has 0 fully saturated rings. The van der Waals surface area contributed by atoms with Crippen LogP contribution in [0.2, 0.25) is 0 Å². The molecule has 116 valence electrons. The highest BCUT2D eigenvalue weighted by atomic mass is 16.5. The lowest BCUT2D eigenvalue weighted by atomic mass is 10.1. The lowest BCUT2D eigenvalue weighted by Crippen LogP contribution is -2.35. The van der Waals surface area contributed by atoms with Crippen molar-refractivity contribution in [1.29, 1.82) is 0 Å². The van der Waals surface area contributed by atoms with E-state index in [1.165, 1.54) is 7.11 Å². The van der Waals surface area contributed by atoms with Crippen molar-refractivity contribution >= 4 is 22.9 Å². The summed E-state index contributed by atoms with van der Waals surface area (Å²) in [5, 5.41) is 2.65. The fourth-order valence-corrected chi connectivity index (χ4v) is 2.30. The number of amides is 1. The minimum Gasteiger partial charge on any atom is -0.467 e. The Labute approximate surface area is 132 Å². The number of esters is 1. The predicted octanol–water partition coefficient (Wildman–Crippen LogP) is 2.21. The molecule has 0 bridgehead atoms. The number of carbonyl (C=O) groups excluding carboxylic acids is 2. The topological polar surface area (TPSA) is 84.1 Å².